The lowest BCUT2D eigenvalue weighted by Gasteiger charge is -2.34. The van der Waals surface area contributed by atoms with E-state index in [1.54, 1.807) is 14.2 Å². The van der Waals surface area contributed by atoms with Crippen LogP contribution in [0.5, 0.6) is 0 Å². The monoisotopic (exact) mass is 324 g/mol. The third-order valence-corrected chi connectivity index (χ3v) is 9.69. The maximum Gasteiger partial charge on any atom is 0.342 e. The van der Waals surface area contributed by atoms with Crippen LogP contribution in [0, 0.1) is 0 Å². The van der Waals surface area contributed by atoms with Gasteiger partial charge < -0.3 is 17.7 Å². The average Bonchev–Trinajstić information content (AvgIpc) is 2.30. The first-order chi connectivity index (χ1) is 9.13. The summed E-state index contributed by atoms with van der Waals surface area (Å²) in [6.07, 6.45) is 0. The van der Waals surface area contributed by atoms with E-state index in [-0.39, 0.29) is 0 Å². The predicted molar refractivity (Wildman–Crippen MR) is 90.7 cm³/mol. The Morgan fingerprint density at radius 2 is 1.05 bits per heavy atom. The molecule has 0 N–H and O–H groups in total. The van der Waals surface area contributed by atoms with Gasteiger partial charge in [0.15, 0.2) is 0 Å². The topological polar surface area (TPSA) is 36.9 Å². The van der Waals surface area contributed by atoms with Gasteiger partial charge >= 0.3 is 17.1 Å². The fraction of sp³-hybridized carbons (Fsp3) is 1.00. The molecule has 0 aromatic heterocycles. The van der Waals surface area contributed by atoms with E-state index in [9.17, 15) is 0 Å². The normalized spacial score (nSPS) is 12.6. The molecule has 0 amide bonds. The minimum absolute atomic E-state index is 0.512. The fourth-order valence-electron chi connectivity index (χ4n) is 2.43. The van der Waals surface area contributed by atoms with E-state index in [1.165, 1.54) is 0 Å². The van der Waals surface area contributed by atoms with Crippen molar-refractivity contribution >= 4 is 17.1 Å². The third-order valence-electron chi connectivity index (χ3n) is 3.23. The Morgan fingerprint density at radius 3 is 1.15 bits per heavy atom. The molecule has 0 bridgehead atoms. The van der Waals surface area contributed by atoms with E-state index in [0.717, 1.165) is 13.2 Å². The molecule has 0 saturated heterocycles. The van der Waals surface area contributed by atoms with Crippen molar-refractivity contribution in [3.63, 3.8) is 0 Å². The van der Waals surface area contributed by atoms with Gasteiger partial charge in [-0.15, -0.1) is 0 Å². The van der Waals surface area contributed by atoms with Crippen LogP contribution in [0.2, 0.25) is 24.2 Å². The molecule has 0 fully saturated rings. The predicted octanol–water partition coefficient (Wildman–Crippen LogP) is 4.30. The first-order valence-corrected chi connectivity index (χ1v) is 12.3. The van der Waals surface area contributed by atoms with Crippen LogP contribution in [0.3, 0.4) is 0 Å². The number of hydrogen-bond acceptors (Lipinski definition) is 4. The molecule has 0 aliphatic carbocycles. The Morgan fingerprint density at radius 1 is 0.750 bits per heavy atom. The highest BCUT2D eigenvalue weighted by Crippen LogP contribution is 2.32. The van der Waals surface area contributed by atoms with Crippen LogP contribution in [0.15, 0.2) is 0 Å². The highest BCUT2D eigenvalue weighted by molar-refractivity contribution is 6.70. The zero-order chi connectivity index (χ0) is 16.4. The van der Waals surface area contributed by atoms with Crippen LogP contribution in [0.4, 0.5) is 0 Å². The van der Waals surface area contributed by atoms with Gasteiger partial charge in [-0.2, -0.15) is 0 Å². The molecule has 0 unspecified atom stereocenters. The summed E-state index contributed by atoms with van der Waals surface area (Å²) in [7, 11) is -0.0822. The molecule has 0 heterocycles. The molecule has 0 aliphatic rings. The van der Waals surface area contributed by atoms with Gasteiger partial charge in [0.2, 0.25) is 0 Å². The standard InChI is InChI=1S/C8H20O2Si.C6H16O2Si/c1-7(2)11(9-5,10-6)8(3)4;1-5-7-9(3,4)8-6-2/h7-8H,1-6H3;5-6H2,1-4H3. The highest BCUT2D eigenvalue weighted by atomic mass is 28.4. The molecule has 0 atom stereocenters. The second kappa shape index (κ2) is 10.9. The van der Waals surface area contributed by atoms with E-state index in [4.69, 9.17) is 17.7 Å². The SMILES string of the molecule is CCO[Si](C)(C)OCC.CO[Si](OC)(C(C)C)C(C)C. The van der Waals surface area contributed by atoms with Gasteiger partial charge in [-0.25, -0.2) is 0 Å². The minimum Gasteiger partial charge on any atom is -0.397 e. The van der Waals surface area contributed by atoms with Gasteiger partial charge in [0.05, 0.1) is 0 Å². The Kier molecular flexibility index (Phi) is 12.3. The van der Waals surface area contributed by atoms with Crippen LogP contribution in [0.1, 0.15) is 41.5 Å². The summed E-state index contributed by atoms with van der Waals surface area (Å²) in [5.41, 5.74) is 1.02. The van der Waals surface area contributed by atoms with Gasteiger partial charge in [-0.1, -0.05) is 27.7 Å². The van der Waals surface area contributed by atoms with Gasteiger partial charge in [0.1, 0.15) is 0 Å². The molecular formula is C14H36O4Si2. The molecule has 20 heavy (non-hydrogen) atoms. The number of hydrogen-bond donors (Lipinski definition) is 0. The van der Waals surface area contributed by atoms with E-state index in [0.29, 0.717) is 11.1 Å². The van der Waals surface area contributed by atoms with Gasteiger partial charge in [0.25, 0.3) is 0 Å². The van der Waals surface area contributed by atoms with Crippen molar-refractivity contribution < 1.29 is 17.7 Å². The van der Waals surface area contributed by atoms with Gasteiger partial charge in [-0.3, -0.25) is 0 Å². The van der Waals surface area contributed by atoms with Crippen molar-refractivity contribution in [2.24, 2.45) is 0 Å². The summed E-state index contributed by atoms with van der Waals surface area (Å²) in [5, 5.41) is 0. The van der Waals surface area contributed by atoms with Crippen molar-refractivity contribution in [1.82, 2.24) is 0 Å². The number of rotatable bonds is 8. The van der Waals surface area contributed by atoms with Gasteiger partial charge in [0, 0.05) is 27.4 Å². The first-order valence-electron chi connectivity index (χ1n) is 7.51. The largest absolute Gasteiger partial charge is 0.397 e. The molecule has 0 aliphatic heterocycles. The zero-order valence-electron chi connectivity index (χ0n) is 15.2. The first kappa shape index (κ1) is 22.6. The van der Waals surface area contributed by atoms with Crippen molar-refractivity contribution in [2.45, 2.75) is 65.7 Å². The third kappa shape index (κ3) is 7.90. The van der Waals surface area contributed by atoms with E-state index >= 15 is 0 Å². The van der Waals surface area contributed by atoms with E-state index < -0.39 is 17.1 Å². The average molecular weight is 325 g/mol. The van der Waals surface area contributed by atoms with Crippen molar-refractivity contribution in [2.75, 3.05) is 27.4 Å². The summed E-state index contributed by atoms with van der Waals surface area (Å²) in [6, 6.07) is 0. The molecule has 0 aromatic carbocycles. The lowest BCUT2D eigenvalue weighted by molar-refractivity contribution is 0.196. The quantitative estimate of drug-likeness (QED) is 0.624. The zero-order valence-corrected chi connectivity index (χ0v) is 17.2. The maximum atomic E-state index is 5.53. The summed E-state index contributed by atoms with van der Waals surface area (Å²) in [5.74, 6) is 0. The summed E-state index contributed by atoms with van der Waals surface area (Å²) >= 11 is 0. The van der Waals surface area contributed by atoms with Crippen LogP contribution >= 0.6 is 0 Å². The fourth-order valence-corrected chi connectivity index (χ4v) is 7.29. The van der Waals surface area contributed by atoms with Crippen LogP contribution in [-0.4, -0.2) is 44.6 Å². The van der Waals surface area contributed by atoms with Crippen LogP contribution in [-0.2, 0) is 17.7 Å². The second-order valence-electron chi connectivity index (χ2n) is 5.70. The minimum atomic E-state index is -1.90. The molecule has 0 rings (SSSR count). The van der Waals surface area contributed by atoms with Crippen LogP contribution < -0.4 is 0 Å². The Bertz CT molecular complexity index is 211. The maximum absolute atomic E-state index is 5.53. The molecule has 0 aromatic rings. The Hall–Kier alpha value is 0.274. The second-order valence-corrected chi connectivity index (χ2v) is 13.7. The molecule has 0 spiro atoms. The molecule has 0 saturated carbocycles. The van der Waals surface area contributed by atoms with E-state index in [2.05, 4.69) is 40.8 Å². The van der Waals surface area contributed by atoms with Crippen molar-refractivity contribution in [3.8, 4) is 0 Å². The lowest BCUT2D eigenvalue weighted by Crippen LogP contribution is -2.46. The Labute approximate surface area is 128 Å². The van der Waals surface area contributed by atoms with Crippen molar-refractivity contribution in [1.29, 1.82) is 0 Å². The van der Waals surface area contributed by atoms with Gasteiger partial charge in [-0.05, 0) is 38.0 Å². The van der Waals surface area contributed by atoms with E-state index in [1.807, 2.05) is 13.8 Å². The van der Waals surface area contributed by atoms with Crippen LogP contribution in [0.25, 0.3) is 0 Å². The molecular weight excluding hydrogens is 288 g/mol. The molecule has 0 radical (unpaired) electrons. The van der Waals surface area contributed by atoms with Crippen molar-refractivity contribution in [3.05, 3.63) is 0 Å². The summed E-state index contributed by atoms with van der Waals surface area (Å²) < 4.78 is 21.8. The molecule has 124 valence electrons. The highest BCUT2D eigenvalue weighted by Gasteiger charge is 2.42. The smallest absolute Gasteiger partial charge is 0.342 e. The molecule has 4 nitrogen and oxygen atoms in total. The Balaban J connectivity index is 0. The molecule has 6 heteroatoms. The summed E-state index contributed by atoms with van der Waals surface area (Å²) in [6.45, 7) is 18.3. The summed E-state index contributed by atoms with van der Waals surface area (Å²) in [4.78, 5) is 0. The lowest BCUT2D eigenvalue weighted by atomic mass is 10.5.